The standard InChI is InChI=1S/C32H47FN6/c1-9-12-13-15-27-21-35-22-29-31(27)32(39(8)19-14-18-34-10-2)38-30(37-29)20-28(26(7)36-11-3)25(6)23(4)16-17-24(5)33/h11,17,20-22,34H,7,9-10,12-16,18-19H2,1-6,8H3/b24-17?,25-23+,28-20+,36-11?. The summed E-state index contributed by atoms with van der Waals surface area (Å²) in [5.74, 6) is 1.30. The number of anilines is 1. The number of hydrogen-bond donors (Lipinski definition) is 1. The van der Waals surface area contributed by atoms with Crippen molar-refractivity contribution in [2.24, 2.45) is 4.99 Å². The molecule has 2 rings (SSSR count). The van der Waals surface area contributed by atoms with E-state index in [0.29, 0.717) is 17.9 Å². The number of aromatic nitrogens is 3. The quantitative estimate of drug-likeness (QED) is 0.135. The lowest BCUT2D eigenvalue weighted by molar-refractivity contribution is 0.635. The number of allylic oxidation sites excluding steroid dienone is 4. The summed E-state index contributed by atoms with van der Waals surface area (Å²) >= 11 is 0. The van der Waals surface area contributed by atoms with Gasteiger partial charge in [-0.25, -0.2) is 14.4 Å². The smallest absolute Gasteiger partial charge is 0.155 e. The summed E-state index contributed by atoms with van der Waals surface area (Å²) in [7, 11) is 2.10. The van der Waals surface area contributed by atoms with E-state index in [9.17, 15) is 4.39 Å². The van der Waals surface area contributed by atoms with Crippen LogP contribution in [-0.4, -0.2) is 47.8 Å². The second-order valence-electron chi connectivity index (χ2n) is 9.98. The molecule has 0 bridgehead atoms. The average molecular weight is 535 g/mol. The Morgan fingerprint density at radius 3 is 2.56 bits per heavy atom. The maximum atomic E-state index is 13.4. The third-order valence-electron chi connectivity index (χ3n) is 6.79. The van der Waals surface area contributed by atoms with Crippen LogP contribution in [0.15, 0.2) is 58.3 Å². The number of nitrogens with one attached hydrogen (secondary N) is 1. The topological polar surface area (TPSA) is 66.3 Å². The van der Waals surface area contributed by atoms with Crippen molar-refractivity contribution in [1.29, 1.82) is 0 Å². The van der Waals surface area contributed by atoms with Gasteiger partial charge in [-0.15, -0.1) is 0 Å². The van der Waals surface area contributed by atoms with E-state index in [1.807, 2.05) is 39.2 Å². The van der Waals surface area contributed by atoms with E-state index < -0.39 is 0 Å². The second-order valence-corrected chi connectivity index (χ2v) is 9.98. The molecule has 0 radical (unpaired) electrons. The van der Waals surface area contributed by atoms with Crippen LogP contribution in [0.5, 0.6) is 0 Å². The van der Waals surface area contributed by atoms with Gasteiger partial charge in [0.1, 0.15) is 5.82 Å². The maximum Gasteiger partial charge on any atom is 0.155 e. The molecular weight excluding hydrogens is 487 g/mol. The minimum atomic E-state index is -0.194. The molecule has 0 unspecified atom stereocenters. The Morgan fingerprint density at radius 1 is 1.13 bits per heavy atom. The van der Waals surface area contributed by atoms with Crippen LogP contribution in [0.1, 0.15) is 85.0 Å². The molecule has 0 saturated heterocycles. The molecule has 0 spiro atoms. The molecule has 0 aliphatic rings. The Labute approximate surface area is 235 Å². The monoisotopic (exact) mass is 534 g/mol. The summed E-state index contributed by atoms with van der Waals surface area (Å²) in [5.41, 5.74) is 5.49. The molecule has 2 heterocycles. The fourth-order valence-electron chi connectivity index (χ4n) is 4.41. The van der Waals surface area contributed by atoms with Crippen LogP contribution >= 0.6 is 0 Å². The molecule has 39 heavy (non-hydrogen) atoms. The molecule has 0 aromatic carbocycles. The molecule has 0 amide bonds. The first-order valence-electron chi connectivity index (χ1n) is 14.2. The number of aliphatic imine (C=N–C) groups is 1. The molecule has 7 heteroatoms. The van der Waals surface area contributed by atoms with E-state index in [-0.39, 0.29) is 5.83 Å². The van der Waals surface area contributed by atoms with Gasteiger partial charge in [-0.3, -0.25) is 9.98 Å². The van der Waals surface area contributed by atoms with Crippen molar-refractivity contribution in [3.63, 3.8) is 0 Å². The minimum absolute atomic E-state index is 0.194. The number of fused-ring (bicyclic) bond motifs is 1. The lowest BCUT2D eigenvalue weighted by atomic mass is 9.97. The van der Waals surface area contributed by atoms with Gasteiger partial charge in [-0.2, -0.15) is 0 Å². The summed E-state index contributed by atoms with van der Waals surface area (Å²) in [6, 6.07) is 0. The van der Waals surface area contributed by atoms with E-state index in [1.54, 1.807) is 12.3 Å². The molecule has 212 valence electrons. The van der Waals surface area contributed by atoms with Gasteiger partial charge in [-0.05, 0) is 89.8 Å². The zero-order chi connectivity index (χ0) is 28.8. The van der Waals surface area contributed by atoms with Crippen molar-refractivity contribution in [3.8, 4) is 0 Å². The normalized spacial score (nSPS) is 13.3. The molecule has 0 saturated carbocycles. The predicted octanol–water partition coefficient (Wildman–Crippen LogP) is 7.78. The van der Waals surface area contributed by atoms with Crippen molar-refractivity contribution in [1.82, 2.24) is 20.3 Å². The summed E-state index contributed by atoms with van der Waals surface area (Å²) in [6.45, 7) is 18.7. The first kappa shape index (κ1) is 32.0. The fraction of sp³-hybridized carbons (Fsp3) is 0.500. The Kier molecular flexibility index (Phi) is 13.7. The van der Waals surface area contributed by atoms with Gasteiger partial charge in [0.05, 0.1) is 23.2 Å². The third-order valence-corrected chi connectivity index (χ3v) is 6.79. The predicted molar refractivity (Wildman–Crippen MR) is 166 cm³/mol. The third kappa shape index (κ3) is 9.81. The van der Waals surface area contributed by atoms with Crippen molar-refractivity contribution >= 4 is 29.0 Å². The van der Waals surface area contributed by atoms with E-state index in [4.69, 9.17) is 9.97 Å². The molecule has 6 nitrogen and oxygen atoms in total. The number of rotatable bonds is 16. The number of hydrogen-bond acceptors (Lipinski definition) is 6. The highest BCUT2D eigenvalue weighted by atomic mass is 19.1. The Hall–Kier alpha value is -3.19. The molecule has 0 aliphatic heterocycles. The van der Waals surface area contributed by atoms with Gasteiger partial charge in [0.2, 0.25) is 0 Å². The summed E-state index contributed by atoms with van der Waals surface area (Å²) in [6.07, 6.45) is 15.0. The first-order valence-corrected chi connectivity index (χ1v) is 14.2. The van der Waals surface area contributed by atoms with E-state index in [0.717, 1.165) is 72.3 Å². The zero-order valence-electron chi connectivity index (χ0n) is 25.1. The number of aryl methyl sites for hydroxylation is 1. The SMILES string of the molecule is C=C(N=CC)C(=C/c1nc(N(C)CCCNCC)c2c(CCCCC)cncc2n1)/C(C)=C(\C)CC=C(C)F. The molecule has 0 atom stereocenters. The van der Waals surface area contributed by atoms with Crippen LogP contribution in [-0.2, 0) is 6.42 Å². The summed E-state index contributed by atoms with van der Waals surface area (Å²) in [4.78, 5) is 21.2. The Balaban J connectivity index is 2.69. The van der Waals surface area contributed by atoms with Crippen LogP contribution in [0.2, 0.25) is 0 Å². The van der Waals surface area contributed by atoms with Gasteiger partial charge in [0.25, 0.3) is 0 Å². The van der Waals surface area contributed by atoms with Crippen LogP contribution in [0.25, 0.3) is 17.0 Å². The van der Waals surface area contributed by atoms with Crippen molar-refractivity contribution in [3.05, 3.63) is 64.7 Å². The van der Waals surface area contributed by atoms with Crippen molar-refractivity contribution < 1.29 is 4.39 Å². The van der Waals surface area contributed by atoms with Gasteiger partial charge >= 0.3 is 0 Å². The molecule has 1 N–H and O–H groups in total. The lowest BCUT2D eigenvalue weighted by Crippen LogP contribution is -2.25. The number of unbranched alkanes of at least 4 members (excludes halogenated alkanes) is 2. The Bertz CT molecular complexity index is 1220. The number of nitrogens with zero attached hydrogens (tertiary/aromatic N) is 5. The number of halogens is 1. The van der Waals surface area contributed by atoms with Crippen LogP contribution in [0, 0.1) is 0 Å². The minimum Gasteiger partial charge on any atom is -0.359 e. The highest BCUT2D eigenvalue weighted by Crippen LogP contribution is 2.30. The second kappa shape index (κ2) is 16.7. The van der Waals surface area contributed by atoms with Gasteiger partial charge in [0.15, 0.2) is 5.82 Å². The summed E-state index contributed by atoms with van der Waals surface area (Å²) in [5, 5.41) is 4.48. The Morgan fingerprint density at radius 2 is 1.90 bits per heavy atom. The highest BCUT2D eigenvalue weighted by molar-refractivity contribution is 5.92. The van der Waals surface area contributed by atoms with E-state index in [2.05, 4.69) is 47.7 Å². The average Bonchev–Trinajstić information content (AvgIpc) is 2.92. The molecule has 2 aromatic rings. The zero-order valence-corrected chi connectivity index (χ0v) is 25.1. The highest BCUT2D eigenvalue weighted by Gasteiger charge is 2.17. The van der Waals surface area contributed by atoms with Crippen LogP contribution < -0.4 is 10.2 Å². The maximum absolute atomic E-state index is 13.4. The van der Waals surface area contributed by atoms with Crippen LogP contribution in [0.4, 0.5) is 10.2 Å². The molecule has 2 aromatic heterocycles. The van der Waals surface area contributed by atoms with Gasteiger partial charge < -0.3 is 10.2 Å². The lowest BCUT2D eigenvalue weighted by Gasteiger charge is -2.22. The largest absolute Gasteiger partial charge is 0.359 e. The fourth-order valence-corrected chi connectivity index (χ4v) is 4.41. The molecule has 0 fully saturated rings. The molecular formula is C32H47FN6. The van der Waals surface area contributed by atoms with E-state index >= 15 is 0 Å². The van der Waals surface area contributed by atoms with Crippen molar-refractivity contribution in [2.75, 3.05) is 31.6 Å². The van der Waals surface area contributed by atoms with Crippen molar-refractivity contribution in [2.45, 2.75) is 80.1 Å². The number of pyridine rings is 1. The van der Waals surface area contributed by atoms with Gasteiger partial charge in [-0.1, -0.05) is 38.8 Å². The summed E-state index contributed by atoms with van der Waals surface area (Å²) < 4.78 is 13.4. The molecule has 0 aliphatic carbocycles. The first-order chi connectivity index (χ1) is 18.7. The van der Waals surface area contributed by atoms with Gasteiger partial charge in [0, 0.05) is 37.0 Å². The van der Waals surface area contributed by atoms with E-state index in [1.165, 1.54) is 25.3 Å². The van der Waals surface area contributed by atoms with Crippen LogP contribution in [0.3, 0.4) is 0 Å².